The molecule has 2 aromatic heterocycles. The molecule has 0 saturated heterocycles. The van der Waals surface area contributed by atoms with Crippen LogP contribution in [0.1, 0.15) is 16.1 Å². The molecule has 0 radical (unpaired) electrons. The number of carbonyl (C=O) groups is 1. The number of thiazole rings is 1. The van der Waals surface area contributed by atoms with Gasteiger partial charge in [-0.2, -0.15) is 0 Å². The molecule has 2 heterocycles. The average molecular weight is 368 g/mol. The van der Waals surface area contributed by atoms with Crippen molar-refractivity contribution >= 4 is 39.5 Å². The van der Waals surface area contributed by atoms with E-state index in [1.54, 1.807) is 6.07 Å². The first kappa shape index (κ1) is 15.9. The van der Waals surface area contributed by atoms with E-state index in [9.17, 15) is 4.79 Å². The van der Waals surface area contributed by atoms with E-state index in [2.05, 4.69) is 10.3 Å². The topological polar surface area (TPSA) is 46.4 Å². The van der Waals surface area contributed by atoms with Crippen LogP contribution in [0, 0.1) is 6.92 Å². The Labute approximate surface area is 153 Å². The van der Waals surface area contributed by atoms with E-state index < -0.39 is 0 Å². The molecule has 6 heteroatoms. The second-order valence-corrected chi connectivity index (χ2v) is 6.93. The van der Waals surface area contributed by atoms with Crippen LogP contribution in [0.25, 0.3) is 16.2 Å². The smallest absolute Gasteiger partial charge is 0.273 e. The number of rotatable bonds is 3. The van der Waals surface area contributed by atoms with E-state index in [-0.39, 0.29) is 5.91 Å². The molecule has 124 valence electrons. The normalized spacial score (nSPS) is 11.0. The molecule has 0 atom stereocenters. The predicted molar refractivity (Wildman–Crippen MR) is 103 cm³/mol. The molecule has 4 aromatic rings. The van der Waals surface area contributed by atoms with Crippen LogP contribution >= 0.6 is 22.9 Å². The Kier molecular flexibility index (Phi) is 4.03. The molecule has 0 unspecified atom stereocenters. The molecule has 1 N–H and O–H groups in total. The lowest BCUT2D eigenvalue weighted by atomic mass is 10.2. The van der Waals surface area contributed by atoms with Gasteiger partial charge in [-0.25, -0.2) is 4.98 Å². The van der Waals surface area contributed by atoms with Crippen LogP contribution in [-0.2, 0) is 0 Å². The number of benzene rings is 2. The van der Waals surface area contributed by atoms with Gasteiger partial charge >= 0.3 is 0 Å². The van der Waals surface area contributed by atoms with Gasteiger partial charge in [0.1, 0.15) is 5.69 Å². The Morgan fingerprint density at radius 3 is 2.76 bits per heavy atom. The summed E-state index contributed by atoms with van der Waals surface area (Å²) in [5, 5.41) is 5.32. The summed E-state index contributed by atoms with van der Waals surface area (Å²) >= 11 is 7.56. The molecule has 1 amide bonds. The number of nitrogens with one attached hydrogen (secondary N) is 1. The maximum Gasteiger partial charge on any atom is 0.273 e. The number of imidazole rings is 1. The molecule has 0 fully saturated rings. The summed E-state index contributed by atoms with van der Waals surface area (Å²) in [4.78, 5) is 18.0. The van der Waals surface area contributed by atoms with Crippen molar-refractivity contribution < 1.29 is 4.79 Å². The number of anilines is 1. The third kappa shape index (κ3) is 3.04. The molecule has 25 heavy (non-hydrogen) atoms. The van der Waals surface area contributed by atoms with Gasteiger partial charge in [0.25, 0.3) is 5.91 Å². The zero-order chi connectivity index (χ0) is 17.4. The minimum atomic E-state index is -0.191. The van der Waals surface area contributed by atoms with Crippen molar-refractivity contribution in [3.63, 3.8) is 0 Å². The summed E-state index contributed by atoms with van der Waals surface area (Å²) in [7, 11) is 0. The zero-order valence-corrected chi connectivity index (χ0v) is 14.9. The van der Waals surface area contributed by atoms with Crippen molar-refractivity contribution in [3.8, 4) is 11.3 Å². The minimum Gasteiger partial charge on any atom is -0.321 e. The lowest BCUT2D eigenvalue weighted by molar-refractivity contribution is 0.102. The van der Waals surface area contributed by atoms with Crippen LogP contribution in [0.5, 0.6) is 0 Å². The summed E-state index contributed by atoms with van der Waals surface area (Å²) in [5.41, 5.74) is 4.06. The van der Waals surface area contributed by atoms with Crippen LogP contribution in [0.2, 0.25) is 5.02 Å². The highest BCUT2D eigenvalue weighted by Gasteiger charge is 2.15. The van der Waals surface area contributed by atoms with Gasteiger partial charge < -0.3 is 5.32 Å². The van der Waals surface area contributed by atoms with Crippen molar-refractivity contribution in [3.05, 3.63) is 76.4 Å². The monoisotopic (exact) mass is 367 g/mol. The van der Waals surface area contributed by atoms with Gasteiger partial charge in [-0.05, 0) is 24.6 Å². The van der Waals surface area contributed by atoms with E-state index in [0.29, 0.717) is 16.4 Å². The standard InChI is InChI=1S/C19H14ClN3OS/c1-12-7-8-14(9-15(12)20)21-18(24)17-11-25-19-22-16(10-23(17)19)13-5-3-2-4-6-13/h2-11H,1H3,(H,21,24). The molecule has 0 aliphatic heterocycles. The molecule has 0 bridgehead atoms. The molecule has 4 rings (SSSR count). The van der Waals surface area contributed by atoms with Crippen LogP contribution in [0.4, 0.5) is 5.69 Å². The van der Waals surface area contributed by atoms with Gasteiger partial charge in [-0.15, -0.1) is 11.3 Å². The predicted octanol–water partition coefficient (Wildman–Crippen LogP) is 5.28. The first-order chi connectivity index (χ1) is 12.1. The van der Waals surface area contributed by atoms with Crippen molar-refractivity contribution in [1.82, 2.24) is 9.38 Å². The van der Waals surface area contributed by atoms with Crippen LogP contribution < -0.4 is 5.32 Å². The van der Waals surface area contributed by atoms with Gasteiger partial charge in [0.15, 0.2) is 4.96 Å². The second kappa shape index (κ2) is 6.35. The first-order valence-corrected chi connectivity index (χ1v) is 8.97. The average Bonchev–Trinajstić information content (AvgIpc) is 3.19. The van der Waals surface area contributed by atoms with Gasteiger partial charge in [0, 0.05) is 27.9 Å². The van der Waals surface area contributed by atoms with Gasteiger partial charge in [0.05, 0.1) is 5.69 Å². The summed E-state index contributed by atoms with van der Waals surface area (Å²) in [6, 6.07) is 15.4. The van der Waals surface area contributed by atoms with E-state index in [4.69, 9.17) is 11.6 Å². The molecule has 0 spiro atoms. The number of aromatic nitrogens is 2. The quantitative estimate of drug-likeness (QED) is 0.535. The number of hydrogen-bond donors (Lipinski definition) is 1. The Balaban J connectivity index is 1.65. The minimum absolute atomic E-state index is 0.191. The number of amides is 1. The summed E-state index contributed by atoms with van der Waals surface area (Å²) in [6.45, 7) is 1.92. The van der Waals surface area contributed by atoms with E-state index in [0.717, 1.165) is 21.8 Å². The van der Waals surface area contributed by atoms with Gasteiger partial charge in [-0.1, -0.05) is 48.0 Å². The third-order valence-corrected chi connectivity index (χ3v) is 5.19. The highest BCUT2D eigenvalue weighted by atomic mass is 35.5. The van der Waals surface area contributed by atoms with E-state index in [1.165, 1.54) is 11.3 Å². The molecule has 0 saturated carbocycles. The van der Waals surface area contributed by atoms with Crippen LogP contribution in [-0.4, -0.2) is 15.3 Å². The second-order valence-electron chi connectivity index (χ2n) is 5.68. The highest BCUT2D eigenvalue weighted by molar-refractivity contribution is 7.15. The van der Waals surface area contributed by atoms with Crippen molar-refractivity contribution in [2.24, 2.45) is 0 Å². The Bertz CT molecular complexity index is 1070. The largest absolute Gasteiger partial charge is 0.321 e. The van der Waals surface area contributed by atoms with Crippen LogP contribution in [0.3, 0.4) is 0 Å². The molecule has 4 nitrogen and oxygen atoms in total. The zero-order valence-electron chi connectivity index (χ0n) is 13.4. The summed E-state index contributed by atoms with van der Waals surface area (Å²) in [6.07, 6.45) is 1.89. The van der Waals surface area contributed by atoms with Crippen LogP contribution in [0.15, 0.2) is 60.1 Å². The number of hydrogen-bond acceptors (Lipinski definition) is 3. The molecule has 2 aromatic carbocycles. The van der Waals surface area contributed by atoms with Crippen molar-refractivity contribution in [1.29, 1.82) is 0 Å². The fraction of sp³-hybridized carbons (Fsp3) is 0.0526. The van der Waals surface area contributed by atoms with Crippen molar-refractivity contribution in [2.75, 3.05) is 5.32 Å². The summed E-state index contributed by atoms with van der Waals surface area (Å²) < 4.78 is 1.82. The first-order valence-electron chi connectivity index (χ1n) is 7.71. The molecule has 0 aliphatic rings. The summed E-state index contributed by atoms with van der Waals surface area (Å²) in [5.74, 6) is -0.191. The highest BCUT2D eigenvalue weighted by Crippen LogP contribution is 2.25. The number of fused-ring (bicyclic) bond motifs is 1. The SMILES string of the molecule is Cc1ccc(NC(=O)c2csc3nc(-c4ccccc4)cn23)cc1Cl. The number of carbonyl (C=O) groups excluding carboxylic acids is 1. The maximum atomic E-state index is 12.6. The number of nitrogens with zero attached hydrogens (tertiary/aromatic N) is 2. The molecular formula is C19H14ClN3OS. The fourth-order valence-corrected chi connectivity index (χ4v) is 3.59. The number of aryl methyl sites for hydroxylation is 1. The lowest BCUT2D eigenvalue weighted by Gasteiger charge is -2.06. The molecular weight excluding hydrogens is 354 g/mol. The Morgan fingerprint density at radius 2 is 2.00 bits per heavy atom. The maximum absolute atomic E-state index is 12.6. The number of halogens is 1. The fourth-order valence-electron chi connectivity index (χ4n) is 2.56. The third-order valence-electron chi connectivity index (χ3n) is 3.94. The lowest BCUT2D eigenvalue weighted by Crippen LogP contribution is -2.13. The van der Waals surface area contributed by atoms with Gasteiger partial charge in [-0.3, -0.25) is 9.20 Å². The van der Waals surface area contributed by atoms with E-state index in [1.807, 2.05) is 65.4 Å². The molecule has 0 aliphatic carbocycles. The van der Waals surface area contributed by atoms with Gasteiger partial charge in [0.2, 0.25) is 0 Å². The Hall–Kier alpha value is -2.63. The Morgan fingerprint density at radius 1 is 1.20 bits per heavy atom. The van der Waals surface area contributed by atoms with E-state index >= 15 is 0 Å². The van der Waals surface area contributed by atoms with Crippen molar-refractivity contribution in [2.45, 2.75) is 6.92 Å².